The van der Waals surface area contributed by atoms with Crippen molar-refractivity contribution in [2.75, 3.05) is 18.5 Å². The number of ether oxygens (including phenoxy) is 1. The number of rotatable bonds is 5. The Morgan fingerprint density at radius 3 is 2.75 bits per heavy atom. The van der Waals surface area contributed by atoms with Gasteiger partial charge in [0.15, 0.2) is 5.11 Å². The van der Waals surface area contributed by atoms with Gasteiger partial charge in [0.25, 0.3) is 0 Å². The molecule has 20 heavy (non-hydrogen) atoms. The van der Waals surface area contributed by atoms with Crippen LogP contribution in [0, 0.1) is 0 Å². The molecule has 1 aromatic heterocycles. The van der Waals surface area contributed by atoms with Crippen LogP contribution in [0.15, 0.2) is 48.8 Å². The molecule has 0 fully saturated rings. The zero-order chi connectivity index (χ0) is 14.2. The van der Waals surface area contributed by atoms with Gasteiger partial charge < -0.3 is 15.4 Å². The fraction of sp³-hybridized carbons (Fsp3) is 0.143. The molecule has 1 heterocycles. The second kappa shape index (κ2) is 7.67. The lowest BCUT2D eigenvalue weighted by Gasteiger charge is -2.11. The van der Waals surface area contributed by atoms with Crippen LogP contribution >= 0.6 is 23.8 Å². The molecular formula is C14H14ClN3OS. The first-order valence-electron chi connectivity index (χ1n) is 6.07. The average Bonchev–Trinajstić information content (AvgIpc) is 2.46. The molecule has 2 N–H and O–H groups in total. The summed E-state index contributed by atoms with van der Waals surface area (Å²) in [4.78, 5) is 4.00. The van der Waals surface area contributed by atoms with Gasteiger partial charge in [0, 0.05) is 11.2 Å². The van der Waals surface area contributed by atoms with Gasteiger partial charge in [-0.25, -0.2) is 0 Å². The van der Waals surface area contributed by atoms with Gasteiger partial charge in [0.2, 0.25) is 0 Å². The summed E-state index contributed by atoms with van der Waals surface area (Å²) in [6, 6.07) is 11.0. The first-order valence-corrected chi connectivity index (χ1v) is 6.86. The SMILES string of the molecule is S=C(NCCOc1ccc(Cl)cc1)Nc1cccnc1. The molecule has 4 nitrogen and oxygen atoms in total. The van der Waals surface area contributed by atoms with Crippen molar-refractivity contribution in [2.45, 2.75) is 0 Å². The number of thiocarbonyl (C=S) groups is 1. The minimum Gasteiger partial charge on any atom is -0.492 e. The number of aromatic nitrogens is 1. The summed E-state index contributed by atoms with van der Waals surface area (Å²) in [5.41, 5.74) is 0.851. The molecule has 0 bridgehead atoms. The lowest BCUT2D eigenvalue weighted by Crippen LogP contribution is -2.31. The number of benzene rings is 1. The monoisotopic (exact) mass is 307 g/mol. The van der Waals surface area contributed by atoms with E-state index in [4.69, 9.17) is 28.6 Å². The number of anilines is 1. The van der Waals surface area contributed by atoms with E-state index in [9.17, 15) is 0 Å². The molecule has 1 aromatic carbocycles. The molecule has 0 saturated carbocycles. The van der Waals surface area contributed by atoms with E-state index >= 15 is 0 Å². The second-order valence-electron chi connectivity index (χ2n) is 3.92. The fourth-order valence-electron chi connectivity index (χ4n) is 1.48. The molecule has 104 valence electrons. The third kappa shape index (κ3) is 5.03. The topological polar surface area (TPSA) is 46.2 Å². The first kappa shape index (κ1) is 14.6. The van der Waals surface area contributed by atoms with Crippen LogP contribution < -0.4 is 15.4 Å². The van der Waals surface area contributed by atoms with Crippen molar-refractivity contribution >= 4 is 34.6 Å². The zero-order valence-electron chi connectivity index (χ0n) is 10.7. The Hall–Kier alpha value is -1.85. The Bertz CT molecular complexity index is 548. The van der Waals surface area contributed by atoms with E-state index in [1.807, 2.05) is 24.3 Å². The normalized spacial score (nSPS) is 9.85. The highest BCUT2D eigenvalue weighted by atomic mass is 35.5. The smallest absolute Gasteiger partial charge is 0.170 e. The molecule has 0 aliphatic heterocycles. The van der Waals surface area contributed by atoms with Gasteiger partial charge in [-0.15, -0.1) is 0 Å². The van der Waals surface area contributed by atoms with Gasteiger partial charge in [-0.1, -0.05) is 11.6 Å². The quantitative estimate of drug-likeness (QED) is 0.656. The minimum absolute atomic E-state index is 0.510. The maximum absolute atomic E-state index is 5.79. The van der Waals surface area contributed by atoms with Crippen LogP contribution in [0.4, 0.5) is 5.69 Å². The Balaban J connectivity index is 1.66. The molecule has 2 rings (SSSR count). The summed E-state index contributed by atoms with van der Waals surface area (Å²) in [6.45, 7) is 1.12. The number of pyridine rings is 1. The number of nitrogens with zero attached hydrogens (tertiary/aromatic N) is 1. The third-order valence-corrected chi connectivity index (χ3v) is 2.89. The Morgan fingerprint density at radius 2 is 2.05 bits per heavy atom. The molecule has 6 heteroatoms. The Kier molecular flexibility index (Phi) is 5.58. The van der Waals surface area contributed by atoms with Crippen molar-refractivity contribution in [3.05, 3.63) is 53.8 Å². The molecule has 0 amide bonds. The van der Waals surface area contributed by atoms with Gasteiger partial charge in [0.05, 0.1) is 18.4 Å². The average molecular weight is 308 g/mol. The molecule has 2 aromatic rings. The summed E-state index contributed by atoms with van der Waals surface area (Å²) in [5.74, 6) is 0.780. The molecule has 0 spiro atoms. The summed E-state index contributed by atoms with van der Waals surface area (Å²) in [6.07, 6.45) is 3.42. The maximum Gasteiger partial charge on any atom is 0.170 e. The van der Waals surface area contributed by atoms with Gasteiger partial charge in [-0.05, 0) is 48.6 Å². The molecule has 0 atom stereocenters. The van der Waals surface area contributed by atoms with E-state index in [2.05, 4.69) is 15.6 Å². The minimum atomic E-state index is 0.510. The zero-order valence-corrected chi connectivity index (χ0v) is 12.2. The maximum atomic E-state index is 5.79. The lowest BCUT2D eigenvalue weighted by atomic mass is 10.3. The molecule has 0 aliphatic rings. The van der Waals surface area contributed by atoms with E-state index in [0.717, 1.165) is 11.4 Å². The summed E-state index contributed by atoms with van der Waals surface area (Å²) in [5, 5.41) is 7.32. The van der Waals surface area contributed by atoms with Gasteiger partial charge in [-0.3, -0.25) is 4.98 Å². The van der Waals surface area contributed by atoms with E-state index in [1.54, 1.807) is 24.5 Å². The van der Waals surface area contributed by atoms with Gasteiger partial charge in [-0.2, -0.15) is 0 Å². The highest BCUT2D eigenvalue weighted by molar-refractivity contribution is 7.80. The predicted octanol–water partition coefficient (Wildman–Crippen LogP) is 3.10. The number of nitrogens with one attached hydrogen (secondary N) is 2. The van der Waals surface area contributed by atoms with Crippen molar-refractivity contribution in [1.29, 1.82) is 0 Å². The summed E-state index contributed by atoms with van der Waals surface area (Å²) >= 11 is 11.0. The summed E-state index contributed by atoms with van der Waals surface area (Å²) in [7, 11) is 0. The first-order chi connectivity index (χ1) is 9.74. The molecular weight excluding hydrogens is 294 g/mol. The van der Waals surface area contributed by atoms with Crippen molar-refractivity contribution in [2.24, 2.45) is 0 Å². The van der Waals surface area contributed by atoms with E-state index < -0.39 is 0 Å². The van der Waals surface area contributed by atoms with Crippen LogP contribution in [0.5, 0.6) is 5.75 Å². The van der Waals surface area contributed by atoms with Crippen LogP contribution in [-0.2, 0) is 0 Å². The number of hydrogen-bond acceptors (Lipinski definition) is 3. The van der Waals surface area contributed by atoms with Crippen molar-refractivity contribution < 1.29 is 4.74 Å². The summed E-state index contributed by atoms with van der Waals surface area (Å²) < 4.78 is 5.54. The van der Waals surface area contributed by atoms with Crippen LogP contribution in [0.25, 0.3) is 0 Å². The van der Waals surface area contributed by atoms with Crippen LogP contribution in [0.2, 0.25) is 5.02 Å². The molecule has 0 aliphatic carbocycles. The lowest BCUT2D eigenvalue weighted by molar-refractivity contribution is 0.323. The van der Waals surface area contributed by atoms with Crippen molar-refractivity contribution in [3.8, 4) is 5.75 Å². The highest BCUT2D eigenvalue weighted by Crippen LogP contribution is 2.15. The van der Waals surface area contributed by atoms with Crippen LogP contribution in [0.1, 0.15) is 0 Å². The second-order valence-corrected chi connectivity index (χ2v) is 4.77. The molecule has 0 saturated heterocycles. The van der Waals surface area contributed by atoms with E-state index in [0.29, 0.717) is 23.3 Å². The fourth-order valence-corrected chi connectivity index (χ4v) is 1.82. The van der Waals surface area contributed by atoms with Crippen molar-refractivity contribution in [3.63, 3.8) is 0 Å². The largest absolute Gasteiger partial charge is 0.492 e. The van der Waals surface area contributed by atoms with Gasteiger partial charge in [0.1, 0.15) is 12.4 Å². The van der Waals surface area contributed by atoms with E-state index in [-0.39, 0.29) is 0 Å². The van der Waals surface area contributed by atoms with Gasteiger partial charge >= 0.3 is 0 Å². The predicted molar refractivity (Wildman–Crippen MR) is 85.4 cm³/mol. The van der Waals surface area contributed by atoms with E-state index in [1.165, 1.54) is 0 Å². The number of halogens is 1. The van der Waals surface area contributed by atoms with Crippen LogP contribution in [0.3, 0.4) is 0 Å². The number of hydrogen-bond donors (Lipinski definition) is 2. The van der Waals surface area contributed by atoms with Crippen molar-refractivity contribution in [1.82, 2.24) is 10.3 Å². The standard InChI is InChI=1S/C14H14ClN3OS/c15-11-3-5-13(6-4-11)19-9-8-17-14(20)18-12-2-1-7-16-10-12/h1-7,10H,8-9H2,(H2,17,18,20). The molecule has 0 unspecified atom stereocenters. The highest BCUT2D eigenvalue weighted by Gasteiger charge is 1.97. The molecule has 0 radical (unpaired) electrons. The Labute approximate surface area is 128 Å². The van der Waals surface area contributed by atoms with Crippen LogP contribution in [-0.4, -0.2) is 23.2 Å². The Morgan fingerprint density at radius 1 is 1.25 bits per heavy atom. The third-order valence-electron chi connectivity index (χ3n) is 2.39.